The van der Waals surface area contributed by atoms with Gasteiger partial charge in [-0.15, -0.1) is 11.6 Å². The van der Waals surface area contributed by atoms with Crippen molar-refractivity contribution in [3.05, 3.63) is 30.3 Å². The summed E-state index contributed by atoms with van der Waals surface area (Å²) in [6.45, 7) is 0.522. The molecule has 1 N–H and O–H groups in total. The lowest BCUT2D eigenvalue weighted by molar-refractivity contribution is 0.202. The third-order valence-electron chi connectivity index (χ3n) is 2.54. The maximum atomic E-state index is 11.2. The van der Waals surface area contributed by atoms with Crippen LogP contribution in [0.3, 0.4) is 0 Å². The van der Waals surface area contributed by atoms with Crippen LogP contribution in [0.5, 0.6) is 0 Å². The van der Waals surface area contributed by atoms with Gasteiger partial charge in [0.05, 0.1) is 0 Å². The molecule has 1 amide bonds. The number of anilines is 1. The van der Waals surface area contributed by atoms with Gasteiger partial charge in [-0.1, -0.05) is 18.2 Å². The van der Waals surface area contributed by atoms with Gasteiger partial charge in [-0.25, -0.2) is 9.79 Å². The topological polar surface area (TPSA) is 62.1 Å². The number of hydrogen-bond acceptors (Lipinski definition) is 3. The molecule has 0 aromatic heterocycles. The lowest BCUT2D eigenvalue weighted by atomic mass is 10.3. The molecule has 2 rings (SSSR count). The summed E-state index contributed by atoms with van der Waals surface area (Å²) in [4.78, 5) is 16.6. The molecule has 18 heavy (non-hydrogen) atoms. The number of hydrogen-bond donors (Lipinski definition) is 1. The number of para-hydroxylation sites is 1. The number of ether oxygens (including phenoxy) is 1. The Labute approximate surface area is 110 Å². The smallest absolute Gasteiger partial charge is 0.412 e. The van der Waals surface area contributed by atoms with Gasteiger partial charge in [0.25, 0.3) is 0 Å². The number of aliphatic imine (C=N–C) groups is 1. The zero-order chi connectivity index (χ0) is 13.0. The molecule has 1 aliphatic heterocycles. The summed E-state index contributed by atoms with van der Waals surface area (Å²) in [5, 5.41) is 9.20. The Morgan fingerprint density at radius 1 is 1.50 bits per heavy atom. The molecule has 96 valence electrons. The number of carbonyl (C=O) groups is 1. The molecule has 0 saturated heterocycles. The van der Waals surface area contributed by atoms with E-state index in [4.69, 9.17) is 16.3 Å². The number of carboxylic acid groups (broad SMARTS) is 1. The van der Waals surface area contributed by atoms with Crippen LogP contribution in [0.2, 0.25) is 0 Å². The van der Waals surface area contributed by atoms with Crippen LogP contribution in [0.15, 0.2) is 35.3 Å². The molecule has 1 aromatic rings. The van der Waals surface area contributed by atoms with E-state index in [-0.39, 0.29) is 12.6 Å². The second kappa shape index (κ2) is 5.73. The van der Waals surface area contributed by atoms with Crippen LogP contribution in [0, 0.1) is 0 Å². The van der Waals surface area contributed by atoms with Gasteiger partial charge >= 0.3 is 6.09 Å². The monoisotopic (exact) mass is 268 g/mol. The first-order valence-electron chi connectivity index (χ1n) is 5.51. The van der Waals surface area contributed by atoms with E-state index >= 15 is 0 Å². The lowest BCUT2D eigenvalue weighted by Crippen LogP contribution is -2.34. The molecule has 1 aliphatic rings. The third kappa shape index (κ3) is 2.92. The largest absolute Gasteiger partial charge is 0.477 e. The van der Waals surface area contributed by atoms with E-state index in [1.54, 1.807) is 24.3 Å². The predicted octanol–water partition coefficient (Wildman–Crippen LogP) is 2.21. The molecule has 5 nitrogen and oxygen atoms in total. The number of alkyl halides is 1. The molecular formula is C12H13ClN2O3. The lowest BCUT2D eigenvalue weighted by Gasteiger charge is -2.18. The summed E-state index contributed by atoms with van der Waals surface area (Å²) in [6, 6.07) is 8.77. The molecule has 1 atom stereocenters. The van der Waals surface area contributed by atoms with Crippen molar-refractivity contribution in [2.24, 2.45) is 4.99 Å². The summed E-state index contributed by atoms with van der Waals surface area (Å²) in [7, 11) is 0. The zero-order valence-corrected chi connectivity index (χ0v) is 10.4. The second-order valence-electron chi connectivity index (χ2n) is 3.85. The van der Waals surface area contributed by atoms with E-state index in [1.807, 2.05) is 6.07 Å². The van der Waals surface area contributed by atoms with Crippen molar-refractivity contribution in [2.45, 2.75) is 6.04 Å². The fourth-order valence-corrected chi connectivity index (χ4v) is 1.81. The van der Waals surface area contributed by atoms with E-state index in [0.29, 0.717) is 24.1 Å². The van der Waals surface area contributed by atoms with Crippen LogP contribution in [-0.2, 0) is 4.74 Å². The van der Waals surface area contributed by atoms with E-state index in [1.165, 1.54) is 4.90 Å². The standard InChI is InChI=1S/C12H13ClN2O3/c13-6-9-8-18-11(14-9)7-15(12(16)17)10-4-2-1-3-5-10/h1-5,9H,6-8H2,(H,16,17). The highest BCUT2D eigenvalue weighted by Crippen LogP contribution is 2.15. The van der Waals surface area contributed by atoms with Gasteiger partial charge in [0.15, 0.2) is 0 Å². The first-order valence-corrected chi connectivity index (χ1v) is 6.05. The van der Waals surface area contributed by atoms with Crippen LogP contribution in [0.1, 0.15) is 0 Å². The Morgan fingerprint density at radius 2 is 2.22 bits per heavy atom. The fraction of sp³-hybridized carbons (Fsp3) is 0.333. The van der Waals surface area contributed by atoms with E-state index in [9.17, 15) is 9.90 Å². The van der Waals surface area contributed by atoms with Crippen molar-refractivity contribution in [3.8, 4) is 0 Å². The molecule has 0 bridgehead atoms. The summed E-state index contributed by atoms with van der Waals surface area (Å²) in [6.07, 6.45) is -1.04. The van der Waals surface area contributed by atoms with Crippen LogP contribution in [0.4, 0.5) is 10.5 Å². The minimum absolute atomic E-state index is 0.0758. The number of benzene rings is 1. The highest BCUT2D eigenvalue weighted by molar-refractivity contribution is 6.18. The van der Waals surface area contributed by atoms with Crippen LogP contribution in [0.25, 0.3) is 0 Å². The van der Waals surface area contributed by atoms with Crippen molar-refractivity contribution in [3.63, 3.8) is 0 Å². The van der Waals surface area contributed by atoms with Crippen molar-refractivity contribution in [2.75, 3.05) is 23.9 Å². The van der Waals surface area contributed by atoms with Crippen LogP contribution in [-0.4, -0.2) is 42.2 Å². The molecule has 1 unspecified atom stereocenters. The maximum Gasteiger partial charge on any atom is 0.412 e. The van der Waals surface area contributed by atoms with Crippen LogP contribution >= 0.6 is 11.6 Å². The molecular weight excluding hydrogens is 256 g/mol. The predicted molar refractivity (Wildman–Crippen MR) is 69.7 cm³/mol. The average molecular weight is 269 g/mol. The SMILES string of the molecule is O=C(O)N(CC1=NC(CCl)CO1)c1ccccc1. The molecule has 0 fully saturated rings. The normalized spacial score (nSPS) is 18.1. The molecule has 1 heterocycles. The zero-order valence-electron chi connectivity index (χ0n) is 9.62. The van der Waals surface area contributed by atoms with E-state index < -0.39 is 6.09 Å². The highest BCUT2D eigenvalue weighted by atomic mass is 35.5. The molecule has 0 spiro atoms. The maximum absolute atomic E-state index is 11.2. The summed E-state index contributed by atoms with van der Waals surface area (Å²) in [5.74, 6) is 0.786. The van der Waals surface area contributed by atoms with E-state index in [2.05, 4.69) is 4.99 Å². The van der Waals surface area contributed by atoms with Crippen LogP contribution < -0.4 is 4.90 Å². The summed E-state index contributed by atoms with van der Waals surface area (Å²) >= 11 is 5.67. The van der Waals surface area contributed by atoms with Gasteiger partial charge in [0.2, 0.25) is 5.90 Å². The van der Waals surface area contributed by atoms with Crippen molar-refractivity contribution in [1.82, 2.24) is 0 Å². The Balaban J connectivity index is 2.11. The Morgan fingerprint density at radius 3 is 2.78 bits per heavy atom. The Bertz CT molecular complexity index is 450. The Kier molecular flexibility index (Phi) is 4.04. The van der Waals surface area contributed by atoms with Gasteiger partial charge in [-0.2, -0.15) is 0 Å². The molecule has 0 aliphatic carbocycles. The molecule has 0 radical (unpaired) electrons. The molecule has 0 saturated carbocycles. The van der Waals surface area contributed by atoms with Crippen molar-refractivity contribution in [1.29, 1.82) is 0 Å². The van der Waals surface area contributed by atoms with Gasteiger partial charge in [-0.3, -0.25) is 4.90 Å². The minimum atomic E-state index is -1.04. The molecule has 1 aromatic carbocycles. The summed E-state index contributed by atoms with van der Waals surface area (Å²) in [5.41, 5.74) is 0.589. The van der Waals surface area contributed by atoms with Gasteiger partial charge in [0.1, 0.15) is 19.2 Å². The number of amides is 1. The highest BCUT2D eigenvalue weighted by Gasteiger charge is 2.23. The number of halogens is 1. The Hall–Kier alpha value is -1.75. The molecule has 6 heteroatoms. The van der Waals surface area contributed by atoms with Gasteiger partial charge in [-0.05, 0) is 12.1 Å². The van der Waals surface area contributed by atoms with Gasteiger partial charge < -0.3 is 9.84 Å². The van der Waals surface area contributed by atoms with E-state index in [0.717, 1.165) is 0 Å². The minimum Gasteiger partial charge on any atom is -0.477 e. The third-order valence-corrected chi connectivity index (χ3v) is 2.90. The second-order valence-corrected chi connectivity index (χ2v) is 4.15. The first kappa shape index (κ1) is 12.7. The van der Waals surface area contributed by atoms with Gasteiger partial charge in [0, 0.05) is 11.6 Å². The van der Waals surface area contributed by atoms with Crippen molar-refractivity contribution >= 4 is 29.3 Å². The fourth-order valence-electron chi connectivity index (χ4n) is 1.65. The number of nitrogens with zero attached hydrogens (tertiary/aromatic N) is 2. The summed E-state index contributed by atoms with van der Waals surface area (Å²) < 4.78 is 5.32. The number of rotatable bonds is 4. The quantitative estimate of drug-likeness (QED) is 0.852. The average Bonchev–Trinajstić information content (AvgIpc) is 2.84. The van der Waals surface area contributed by atoms with Crippen molar-refractivity contribution < 1.29 is 14.6 Å². The first-order chi connectivity index (χ1) is 8.70.